The number of nitrogens with zero attached hydrogens (tertiary/aromatic N) is 1. The van der Waals surface area contributed by atoms with Gasteiger partial charge in [0.15, 0.2) is 5.15 Å². The molecule has 4 nitrogen and oxygen atoms in total. The Balaban J connectivity index is 1.89. The van der Waals surface area contributed by atoms with Crippen LogP contribution >= 0.6 is 11.6 Å². The molecule has 3 aromatic rings. The summed E-state index contributed by atoms with van der Waals surface area (Å²) >= 11 is 6.14. The van der Waals surface area contributed by atoms with Gasteiger partial charge < -0.3 is 9.73 Å². The van der Waals surface area contributed by atoms with Crippen LogP contribution in [0.25, 0.3) is 11.1 Å². The third-order valence-electron chi connectivity index (χ3n) is 3.52. The molecule has 0 saturated carbocycles. The molecular formula is C18H15ClN2O2. The first-order valence-electron chi connectivity index (χ1n) is 7.12. The number of halogens is 1. The largest absolute Gasteiger partial charge is 0.472 e. The maximum Gasteiger partial charge on any atom is 0.255 e. The molecule has 3 rings (SSSR count). The van der Waals surface area contributed by atoms with Crippen molar-refractivity contribution >= 4 is 23.2 Å². The highest BCUT2D eigenvalue weighted by atomic mass is 35.5. The van der Waals surface area contributed by atoms with Gasteiger partial charge in [0.2, 0.25) is 0 Å². The van der Waals surface area contributed by atoms with Crippen LogP contribution in [0.5, 0.6) is 0 Å². The summed E-state index contributed by atoms with van der Waals surface area (Å²) in [4.78, 5) is 16.7. The van der Waals surface area contributed by atoms with E-state index < -0.39 is 0 Å². The Morgan fingerprint density at radius 1 is 1.17 bits per heavy atom. The van der Waals surface area contributed by atoms with E-state index in [9.17, 15) is 4.79 Å². The van der Waals surface area contributed by atoms with Gasteiger partial charge in [0, 0.05) is 16.8 Å². The number of pyridine rings is 1. The average molecular weight is 327 g/mol. The van der Waals surface area contributed by atoms with Crippen molar-refractivity contribution < 1.29 is 9.21 Å². The third kappa shape index (κ3) is 3.27. The van der Waals surface area contributed by atoms with Crippen LogP contribution in [0, 0.1) is 13.8 Å². The van der Waals surface area contributed by atoms with Gasteiger partial charge in [0.05, 0.1) is 18.2 Å². The molecule has 2 aromatic heterocycles. The van der Waals surface area contributed by atoms with Gasteiger partial charge in [-0.2, -0.15) is 0 Å². The molecule has 23 heavy (non-hydrogen) atoms. The molecule has 0 radical (unpaired) electrons. The lowest BCUT2D eigenvalue weighted by molar-refractivity contribution is 0.102. The highest BCUT2D eigenvalue weighted by molar-refractivity contribution is 6.33. The summed E-state index contributed by atoms with van der Waals surface area (Å²) in [6.07, 6.45) is 3.24. The summed E-state index contributed by atoms with van der Waals surface area (Å²) in [6.45, 7) is 3.75. The number of amides is 1. The molecule has 1 aromatic carbocycles. The minimum Gasteiger partial charge on any atom is -0.472 e. The summed E-state index contributed by atoms with van der Waals surface area (Å²) in [5.74, 6) is -0.231. The number of benzene rings is 1. The molecule has 0 aliphatic heterocycles. The number of hydrogen-bond acceptors (Lipinski definition) is 3. The van der Waals surface area contributed by atoms with Crippen molar-refractivity contribution in [3.05, 3.63) is 70.9 Å². The van der Waals surface area contributed by atoms with Gasteiger partial charge in [0.1, 0.15) is 0 Å². The number of aromatic nitrogens is 1. The Hall–Kier alpha value is -2.59. The van der Waals surface area contributed by atoms with Crippen LogP contribution in [0.4, 0.5) is 5.69 Å². The minimum absolute atomic E-state index is 0.231. The predicted molar refractivity (Wildman–Crippen MR) is 90.8 cm³/mol. The van der Waals surface area contributed by atoms with Crippen LogP contribution in [0.15, 0.2) is 53.3 Å². The molecule has 0 aliphatic rings. The van der Waals surface area contributed by atoms with Crippen molar-refractivity contribution in [2.45, 2.75) is 13.8 Å². The number of hydrogen-bond donors (Lipinski definition) is 1. The van der Waals surface area contributed by atoms with Gasteiger partial charge in [-0.05, 0) is 49.2 Å². The molecule has 0 spiro atoms. The molecular weight excluding hydrogens is 312 g/mol. The van der Waals surface area contributed by atoms with E-state index in [2.05, 4.69) is 10.3 Å². The third-order valence-corrected chi connectivity index (χ3v) is 3.79. The zero-order valence-corrected chi connectivity index (χ0v) is 13.5. The van der Waals surface area contributed by atoms with Crippen molar-refractivity contribution in [3.63, 3.8) is 0 Å². The van der Waals surface area contributed by atoms with Crippen molar-refractivity contribution in [2.24, 2.45) is 0 Å². The summed E-state index contributed by atoms with van der Waals surface area (Å²) in [7, 11) is 0. The van der Waals surface area contributed by atoms with Gasteiger partial charge in [-0.25, -0.2) is 4.98 Å². The highest BCUT2D eigenvalue weighted by Crippen LogP contribution is 2.26. The number of rotatable bonds is 3. The number of carbonyl (C=O) groups excluding carboxylic acids is 1. The molecule has 0 saturated heterocycles. The molecule has 1 N–H and O–H groups in total. The summed E-state index contributed by atoms with van der Waals surface area (Å²) < 4.78 is 5.08. The minimum atomic E-state index is -0.231. The van der Waals surface area contributed by atoms with Crippen LogP contribution in [0.2, 0.25) is 5.15 Å². The lowest BCUT2D eigenvalue weighted by atomic mass is 10.1. The molecule has 0 fully saturated rings. The molecule has 116 valence electrons. The topological polar surface area (TPSA) is 55.1 Å². The molecule has 5 heteroatoms. The van der Waals surface area contributed by atoms with E-state index in [1.165, 1.54) is 0 Å². The van der Waals surface area contributed by atoms with E-state index in [1.54, 1.807) is 18.6 Å². The smallest absolute Gasteiger partial charge is 0.255 e. The second-order valence-corrected chi connectivity index (χ2v) is 5.65. The molecule has 0 aliphatic carbocycles. The SMILES string of the molecule is Cc1cc(C)c(NC(=O)c2cccc(-c3ccoc3)c2)c(Cl)n1. The van der Waals surface area contributed by atoms with Crippen molar-refractivity contribution in [2.75, 3.05) is 5.32 Å². The summed E-state index contributed by atoms with van der Waals surface area (Å²) in [6, 6.07) is 11.0. The zero-order valence-electron chi connectivity index (χ0n) is 12.8. The van der Waals surface area contributed by atoms with Crippen molar-refractivity contribution in [3.8, 4) is 11.1 Å². The standard InChI is InChI=1S/C18H15ClN2O2/c1-11-8-12(2)20-17(19)16(11)21-18(22)14-5-3-4-13(9-14)15-6-7-23-10-15/h3-10H,1-2H3,(H,21,22). The van der Waals surface area contributed by atoms with Gasteiger partial charge in [0.25, 0.3) is 5.91 Å². The lowest BCUT2D eigenvalue weighted by Gasteiger charge is -2.11. The van der Waals surface area contributed by atoms with Crippen LogP contribution < -0.4 is 5.32 Å². The Labute approximate surface area is 139 Å². The number of furan rings is 1. The normalized spacial score (nSPS) is 10.6. The quantitative estimate of drug-likeness (QED) is 0.699. The number of anilines is 1. The van der Waals surface area contributed by atoms with E-state index in [-0.39, 0.29) is 5.91 Å². The van der Waals surface area contributed by atoms with Crippen molar-refractivity contribution in [1.29, 1.82) is 0 Å². The van der Waals surface area contributed by atoms with Gasteiger partial charge >= 0.3 is 0 Å². The maximum atomic E-state index is 12.5. The van der Waals surface area contributed by atoms with E-state index >= 15 is 0 Å². The van der Waals surface area contributed by atoms with Crippen molar-refractivity contribution in [1.82, 2.24) is 4.98 Å². The van der Waals surface area contributed by atoms with E-state index in [0.717, 1.165) is 22.4 Å². The van der Waals surface area contributed by atoms with Crippen LogP contribution in [0.3, 0.4) is 0 Å². The summed E-state index contributed by atoms with van der Waals surface area (Å²) in [5, 5.41) is 3.13. The first-order valence-corrected chi connectivity index (χ1v) is 7.50. The van der Waals surface area contributed by atoms with Crippen LogP contribution in [-0.2, 0) is 0 Å². The van der Waals surface area contributed by atoms with Gasteiger partial charge in [-0.1, -0.05) is 23.7 Å². The fraction of sp³-hybridized carbons (Fsp3) is 0.111. The van der Waals surface area contributed by atoms with E-state index in [4.69, 9.17) is 16.0 Å². The number of carbonyl (C=O) groups is 1. The second-order valence-electron chi connectivity index (χ2n) is 5.29. The average Bonchev–Trinajstić information content (AvgIpc) is 3.05. The van der Waals surface area contributed by atoms with E-state index in [0.29, 0.717) is 16.4 Å². The molecule has 2 heterocycles. The monoisotopic (exact) mass is 326 g/mol. The Kier molecular flexibility index (Phi) is 4.17. The fourth-order valence-corrected chi connectivity index (χ4v) is 2.73. The first-order chi connectivity index (χ1) is 11.0. The number of aryl methyl sites for hydroxylation is 2. The van der Waals surface area contributed by atoms with Gasteiger partial charge in [-0.3, -0.25) is 4.79 Å². The molecule has 0 bridgehead atoms. The zero-order chi connectivity index (χ0) is 16.4. The lowest BCUT2D eigenvalue weighted by Crippen LogP contribution is -2.13. The van der Waals surface area contributed by atoms with Crippen LogP contribution in [0.1, 0.15) is 21.6 Å². The molecule has 1 amide bonds. The first kappa shape index (κ1) is 15.3. The van der Waals surface area contributed by atoms with Crippen LogP contribution in [-0.4, -0.2) is 10.9 Å². The summed E-state index contributed by atoms with van der Waals surface area (Å²) in [5.41, 5.74) is 4.60. The Bertz CT molecular complexity index is 834. The molecule has 0 unspecified atom stereocenters. The second kappa shape index (κ2) is 6.26. The molecule has 0 atom stereocenters. The van der Waals surface area contributed by atoms with E-state index in [1.807, 2.05) is 44.2 Å². The Morgan fingerprint density at radius 2 is 2.00 bits per heavy atom. The van der Waals surface area contributed by atoms with Gasteiger partial charge in [-0.15, -0.1) is 0 Å². The predicted octanol–water partition coefficient (Wildman–Crippen LogP) is 4.86. The number of nitrogens with one attached hydrogen (secondary N) is 1. The highest BCUT2D eigenvalue weighted by Gasteiger charge is 2.13. The maximum absolute atomic E-state index is 12.5. The fourth-order valence-electron chi connectivity index (χ4n) is 2.40. The Morgan fingerprint density at radius 3 is 2.70 bits per heavy atom.